The Morgan fingerprint density at radius 2 is 2.00 bits per heavy atom. The van der Waals surface area contributed by atoms with Crippen LogP contribution < -0.4 is 5.32 Å². The van der Waals surface area contributed by atoms with E-state index in [0.29, 0.717) is 25.9 Å². The Bertz CT molecular complexity index is 396. The van der Waals surface area contributed by atoms with Crippen molar-refractivity contribution in [1.82, 2.24) is 20.3 Å². The lowest BCUT2D eigenvalue weighted by Crippen LogP contribution is -2.28. The first-order valence-electron chi connectivity index (χ1n) is 8.89. The van der Waals surface area contributed by atoms with E-state index in [1.165, 1.54) is 6.42 Å². The zero-order chi connectivity index (χ0) is 16.9. The monoisotopic (exact) mass is 326 g/mol. The van der Waals surface area contributed by atoms with Crippen molar-refractivity contribution in [3.8, 4) is 0 Å². The number of hydrogen-bond donors (Lipinski definition) is 1. The van der Waals surface area contributed by atoms with E-state index in [0.717, 1.165) is 44.1 Å². The van der Waals surface area contributed by atoms with Gasteiger partial charge in [-0.05, 0) is 32.1 Å². The van der Waals surface area contributed by atoms with Crippen LogP contribution in [0.5, 0.6) is 0 Å². The van der Waals surface area contributed by atoms with Gasteiger partial charge in [-0.1, -0.05) is 26.0 Å². The van der Waals surface area contributed by atoms with Gasteiger partial charge in [0.05, 0.1) is 32.6 Å². The molecule has 23 heavy (non-hydrogen) atoms. The summed E-state index contributed by atoms with van der Waals surface area (Å²) >= 11 is 0. The minimum Gasteiger partial charge on any atom is -0.380 e. The van der Waals surface area contributed by atoms with E-state index in [1.807, 2.05) is 10.9 Å². The number of rotatable bonds is 14. The fourth-order valence-corrected chi connectivity index (χ4v) is 2.07. The molecular formula is C17H34N4O2. The highest BCUT2D eigenvalue weighted by molar-refractivity contribution is 4.89. The molecule has 1 N–H and O–H groups in total. The zero-order valence-electron chi connectivity index (χ0n) is 15.3. The van der Waals surface area contributed by atoms with Crippen LogP contribution in [0, 0.1) is 5.92 Å². The summed E-state index contributed by atoms with van der Waals surface area (Å²) < 4.78 is 13.0. The van der Waals surface area contributed by atoms with Gasteiger partial charge in [0.25, 0.3) is 0 Å². The molecule has 0 radical (unpaired) electrons. The first-order chi connectivity index (χ1) is 11.1. The molecule has 0 aliphatic carbocycles. The third kappa shape index (κ3) is 10.4. The number of aromatic nitrogens is 3. The molecule has 1 heterocycles. The van der Waals surface area contributed by atoms with E-state index in [-0.39, 0.29) is 0 Å². The normalized spacial score (nSPS) is 12.9. The number of nitrogens with zero attached hydrogens (tertiary/aromatic N) is 3. The van der Waals surface area contributed by atoms with E-state index in [9.17, 15) is 0 Å². The maximum absolute atomic E-state index is 5.62. The second-order valence-corrected chi connectivity index (χ2v) is 6.44. The highest BCUT2D eigenvalue weighted by Crippen LogP contribution is 2.03. The highest BCUT2D eigenvalue weighted by Gasteiger charge is 2.02. The van der Waals surface area contributed by atoms with Gasteiger partial charge < -0.3 is 14.8 Å². The first kappa shape index (κ1) is 20.1. The van der Waals surface area contributed by atoms with Crippen molar-refractivity contribution in [2.75, 3.05) is 26.4 Å². The van der Waals surface area contributed by atoms with Crippen LogP contribution >= 0.6 is 0 Å². The summed E-state index contributed by atoms with van der Waals surface area (Å²) in [7, 11) is 0. The lowest BCUT2D eigenvalue weighted by molar-refractivity contribution is 0.116. The summed E-state index contributed by atoms with van der Waals surface area (Å²) in [6.07, 6.45) is 5.41. The zero-order valence-corrected chi connectivity index (χ0v) is 15.3. The SMILES string of the molecule is CCC(C)NCCOCc1cn(CCOCCCC(C)C)nn1. The predicted octanol–water partition coefficient (Wildman–Crippen LogP) is 2.64. The highest BCUT2D eigenvalue weighted by atomic mass is 16.5. The summed E-state index contributed by atoms with van der Waals surface area (Å²) in [5.74, 6) is 0.747. The van der Waals surface area contributed by atoms with E-state index in [2.05, 4.69) is 43.3 Å². The molecule has 0 bridgehead atoms. The Hall–Kier alpha value is -0.980. The summed E-state index contributed by atoms with van der Waals surface area (Å²) in [6.45, 7) is 13.1. The smallest absolute Gasteiger partial charge is 0.108 e. The standard InChI is InChI=1S/C17H34N4O2/c1-5-16(4)18-8-11-23-14-17-13-21(20-19-17)9-12-22-10-6-7-15(2)3/h13,15-16,18H,5-12,14H2,1-4H3. The molecule has 6 nitrogen and oxygen atoms in total. The Balaban J connectivity index is 2.03. The molecule has 1 rings (SSSR count). The third-order valence-electron chi connectivity index (χ3n) is 3.72. The van der Waals surface area contributed by atoms with Crippen molar-refractivity contribution in [3.05, 3.63) is 11.9 Å². The topological polar surface area (TPSA) is 61.2 Å². The van der Waals surface area contributed by atoms with Crippen LogP contribution in [0.15, 0.2) is 6.20 Å². The van der Waals surface area contributed by atoms with Gasteiger partial charge in [-0.3, -0.25) is 0 Å². The van der Waals surface area contributed by atoms with Crippen LogP contribution in [0.4, 0.5) is 0 Å². The van der Waals surface area contributed by atoms with E-state index < -0.39 is 0 Å². The molecule has 1 atom stereocenters. The molecule has 0 spiro atoms. The summed E-state index contributed by atoms with van der Waals surface area (Å²) in [6, 6.07) is 0.542. The number of nitrogens with one attached hydrogen (secondary N) is 1. The second kappa shape index (κ2) is 12.4. The van der Waals surface area contributed by atoms with Crippen molar-refractivity contribution >= 4 is 0 Å². The molecule has 0 amide bonds. The molecular weight excluding hydrogens is 292 g/mol. The fourth-order valence-electron chi connectivity index (χ4n) is 2.07. The average molecular weight is 326 g/mol. The number of hydrogen-bond acceptors (Lipinski definition) is 5. The van der Waals surface area contributed by atoms with Gasteiger partial charge in [0.2, 0.25) is 0 Å². The van der Waals surface area contributed by atoms with E-state index >= 15 is 0 Å². The van der Waals surface area contributed by atoms with Gasteiger partial charge in [-0.15, -0.1) is 5.10 Å². The lowest BCUT2D eigenvalue weighted by Gasteiger charge is -2.10. The first-order valence-corrected chi connectivity index (χ1v) is 8.89. The Kier molecular flexibility index (Phi) is 10.9. The van der Waals surface area contributed by atoms with Crippen molar-refractivity contribution in [3.63, 3.8) is 0 Å². The Morgan fingerprint density at radius 1 is 1.17 bits per heavy atom. The van der Waals surface area contributed by atoms with Crippen LogP contribution in [-0.2, 0) is 22.6 Å². The Labute approximate surface area is 140 Å². The van der Waals surface area contributed by atoms with Crippen molar-refractivity contribution in [2.45, 2.75) is 66.2 Å². The van der Waals surface area contributed by atoms with Gasteiger partial charge in [0.15, 0.2) is 0 Å². The molecule has 1 aromatic rings. The van der Waals surface area contributed by atoms with Gasteiger partial charge in [-0.2, -0.15) is 0 Å². The molecule has 0 aromatic carbocycles. The molecule has 1 aromatic heterocycles. The fraction of sp³-hybridized carbons (Fsp3) is 0.882. The second-order valence-electron chi connectivity index (χ2n) is 6.44. The molecule has 0 fully saturated rings. The van der Waals surface area contributed by atoms with E-state index in [4.69, 9.17) is 9.47 Å². The lowest BCUT2D eigenvalue weighted by atomic mass is 10.1. The minimum absolute atomic E-state index is 0.511. The summed E-state index contributed by atoms with van der Waals surface area (Å²) in [5.41, 5.74) is 0.869. The van der Waals surface area contributed by atoms with Crippen LogP contribution in [0.1, 0.15) is 52.7 Å². The maximum Gasteiger partial charge on any atom is 0.108 e. The van der Waals surface area contributed by atoms with Gasteiger partial charge in [0.1, 0.15) is 5.69 Å². The van der Waals surface area contributed by atoms with Crippen molar-refractivity contribution in [1.29, 1.82) is 0 Å². The van der Waals surface area contributed by atoms with Crippen LogP contribution in [0.2, 0.25) is 0 Å². The summed E-state index contributed by atoms with van der Waals surface area (Å²) in [4.78, 5) is 0. The average Bonchev–Trinajstić information content (AvgIpc) is 2.97. The quantitative estimate of drug-likeness (QED) is 0.533. The van der Waals surface area contributed by atoms with Crippen LogP contribution in [0.25, 0.3) is 0 Å². The van der Waals surface area contributed by atoms with Crippen molar-refractivity contribution in [2.24, 2.45) is 5.92 Å². The van der Waals surface area contributed by atoms with Gasteiger partial charge >= 0.3 is 0 Å². The molecule has 0 saturated carbocycles. The van der Waals surface area contributed by atoms with Crippen LogP contribution in [0.3, 0.4) is 0 Å². The molecule has 0 aliphatic heterocycles. The Morgan fingerprint density at radius 3 is 2.74 bits per heavy atom. The predicted molar refractivity (Wildman–Crippen MR) is 92.3 cm³/mol. The van der Waals surface area contributed by atoms with Crippen molar-refractivity contribution < 1.29 is 9.47 Å². The molecule has 1 unspecified atom stereocenters. The van der Waals surface area contributed by atoms with E-state index in [1.54, 1.807) is 0 Å². The molecule has 134 valence electrons. The molecule has 0 aliphatic rings. The van der Waals surface area contributed by atoms with Crippen LogP contribution in [-0.4, -0.2) is 47.4 Å². The maximum atomic E-state index is 5.62. The molecule has 0 saturated heterocycles. The third-order valence-corrected chi connectivity index (χ3v) is 3.72. The minimum atomic E-state index is 0.511. The largest absolute Gasteiger partial charge is 0.380 e. The van der Waals surface area contributed by atoms with Gasteiger partial charge in [-0.25, -0.2) is 4.68 Å². The summed E-state index contributed by atoms with van der Waals surface area (Å²) in [5, 5.41) is 11.6. The van der Waals surface area contributed by atoms with Gasteiger partial charge in [0, 0.05) is 19.2 Å². The molecule has 6 heteroatoms. The number of ether oxygens (including phenoxy) is 2.